The second-order valence-electron chi connectivity index (χ2n) is 6.83. The maximum Gasteiger partial charge on any atom is 0.253 e. The number of carbonyl (C=O) groups is 1. The molecule has 0 saturated carbocycles. The third kappa shape index (κ3) is 3.72. The summed E-state index contributed by atoms with van der Waals surface area (Å²) in [6.07, 6.45) is 3.55. The van der Waals surface area contributed by atoms with Crippen LogP contribution >= 0.6 is 0 Å². The van der Waals surface area contributed by atoms with Gasteiger partial charge in [-0.05, 0) is 49.2 Å². The number of nitrogens with one attached hydrogen (secondary N) is 1. The van der Waals surface area contributed by atoms with Crippen molar-refractivity contribution >= 4 is 16.9 Å². The molecule has 1 aromatic heterocycles. The molecule has 5 heteroatoms. The van der Waals surface area contributed by atoms with Crippen LogP contribution in [0.25, 0.3) is 11.0 Å². The van der Waals surface area contributed by atoms with Gasteiger partial charge in [-0.2, -0.15) is 0 Å². The number of piperidine rings is 1. The van der Waals surface area contributed by atoms with Gasteiger partial charge in [-0.15, -0.1) is 0 Å². The van der Waals surface area contributed by atoms with Crippen LogP contribution in [0.1, 0.15) is 34.9 Å². The van der Waals surface area contributed by atoms with E-state index in [4.69, 9.17) is 9.72 Å². The van der Waals surface area contributed by atoms with Gasteiger partial charge in [-0.25, -0.2) is 4.98 Å². The van der Waals surface area contributed by atoms with Crippen molar-refractivity contribution in [2.24, 2.45) is 0 Å². The summed E-state index contributed by atoms with van der Waals surface area (Å²) in [5, 5.41) is 0. The number of amides is 1. The summed E-state index contributed by atoms with van der Waals surface area (Å²) in [4.78, 5) is 22.8. The van der Waals surface area contributed by atoms with Gasteiger partial charge in [0.1, 0.15) is 18.2 Å². The number of aromatic amines is 1. The summed E-state index contributed by atoms with van der Waals surface area (Å²) in [6, 6.07) is 15.4. The minimum absolute atomic E-state index is 0.0772. The first-order valence-electron chi connectivity index (χ1n) is 9.32. The largest absolute Gasteiger partial charge is 0.490 e. The van der Waals surface area contributed by atoms with Crippen LogP contribution in [0, 0.1) is 0 Å². The SMILES string of the molecule is C=CCOc1ccc(C(=O)N2CCC(c3nc4ccccc4[nH]3)CC2)cc1. The number of hydrogen-bond donors (Lipinski definition) is 1. The van der Waals surface area contributed by atoms with Crippen LogP contribution in [0.15, 0.2) is 61.2 Å². The van der Waals surface area contributed by atoms with E-state index in [1.807, 2.05) is 53.4 Å². The molecule has 0 aliphatic carbocycles. The van der Waals surface area contributed by atoms with Crippen molar-refractivity contribution in [1.29, 1.82) is 0 Å². The number of rotatable bonds is 5. The molecule has 1 N–H and O–H groups in total. The molecule has 0 bridgehead atoms. The molecule has 1 aliphatic heterocycles. The summed E-state index contributed by atoms with van der Waals surface area (Å²) >= 11 is 0. The van der Waals surface area contributed by atoms with Gasteiger partial charge in [0.15, 0.2) is 0 Å². The molecular formula is C22H23N3O2. The molecule has 1 aliphatic rings. The van der Waals surface area contributed by atoms with E-state index < -0.39 is 0 Å². The Morgan fingerprint density at radius 3 is 2.63 bits per heavy atom. The lowest BCUT2D eigenvalue weighted by molar-refractivity contribution is 0.0711. The summed E-state index contributed by atoms with van der Waals surface area (Å²) < 4.78 is 5.47. The van der Waals surface area contributed by atoms with Crippen LogP contribution < -0.4 is 4.74 Å². The van der Waals surface area contributed by atoms with Crippen molar-refractivity contribution in [3.63, 3.8) is 0 Å². The molecule has 4 rings (SSSR count). The number of aromatic nitrogens is 2. The monoisotopic (exact) mass is 361 g/mol. The molecule has 0 unspecified atom stereocenters. The topological polar surface area (TPSA) is 58.2 Å². The molecule has 138 valence electrons. The van der Waals surface area contributed by atoms with E-state index >= 15 is 0 Å². The van der Waals surface area contributed by atoms with Crippen LogP contribution in [0.5, 0.6) is 5.75 Å². The smallest absolute Gasteiger partial charge is 0.253 e. The Labute approximate surface area is 158 Å². The highest BCUT2D eigenvalue weighted by molar-refractivity contribution is 5.94. The van der Waals surface area contributed by atoms with Gasteiger partial charge in [0.25, 0.3) is 5.91 Å². The van der Waals surface area contributed by atoms with E-state index in [0.717, 1.165) is 48.5 Å². The lowest BCUT2D eigenvalue weighted by Crippen LogP contribution is -2.38. The molecule has 2 heterocycles. The first kappa shape index (κ1) is 17.3. The van der Waals surface area contributed by atoms with Crippen molar-refractivity contribution in [3.8, 4) is 5.75 Å². The first-order chi connectivity index (χ1) is 13.2. The Balaban J connectivity index is 1.38. The molecule has 27 heavy (non-hydrogen) atoms. The average molecular weight is 361 g/mol. The van der Waals surface area contributed by atoms with Crippen molar-refractivity contribution in [2.45, 2.75) is 18.8 Å². The molecule has 0 spiro atoms. The van der Waals surface area contributed by atoms with Gasteiger partial charge in [0.2, 0.25) is 0 Å². The zero-order valence-corrected chi connectivity index (χ0v) is 15.2. The fourth-order valence-electron chi connectivity index (χ4n) is 3.55. The average Bonchev–Trinajstić information content (AvgIpc) is 3.16. The van der Waals surface area contributed by atoms with Crippen molar-refractivity contribution in [1.82, 2.24) is 14.9 Å². The van der Waals surface area contributed by atoms with E-state index in [1.54, 1.807) is 6.08 Å². The standard InChI is InChI=1S/C22H23N3O2/c1-2-15-27-18-9-7-17(8-10-18)22(26)25-13-11-16(12-14-25)21-23-19-5-3-4-6-20(19)24-21/h2-10,16H,1,11-15H2,(H,23,24). The van der Waals surface area contributed by atoms with E-state index in [9.17, 15) is 4.79 Å². The molecule has 0 radical (unpaired) electrons. The van der Waals surface area contributed by atoms with E-state index in [-0.39, 0.29) is 5.91 Å². The molecule has 1 saturated heterocycles. The molecule has 1 fully saturated rings. The number of nitrogens with zero attached hydrogens (tertiary/aromatic N) is 2. The van der Waals surface area contributed by atoms with Crippen molar-refractivity contribution in [3.05, 3.63) is 72.6 Å². The van der Waals surface area contributed by atoms with Gasteiger partial charge < -0.3 is 14.6 Å². The number of H-pyrrole nitrogens is 1. The van der Waals surface area contributed by atoms with Crippen LogP contribution in [0.4, 0.5) is 0 Å². The summed E-state index contributed by atoms with van der Waals surface area (Å²) in [5.74, 6) is 2.23. The number of para-hydroxylation sites is 2. The molecule has 3 aromatic rings. The molecular weight excluding hydrogens is 338 g/mol. The highest BCUT2D eigenvalue weighted by atomic mass is 16.5. The second-order valence-corrected chi connectivity index (χ2v) is 6.83. The Bertz CT molecular complexity index is 905. The van der Waals surface area contributed by atoms with Crippen LogP contribution in [0.3, 0.4) is 0 Å². The van der Waals surface area contributed by atoms with Crippen molar-refractivity contribution < 1.29 is 9.53 Å². The number of imidazole rings is 1. The predicted molar refractivity (Wildman–Crippen MR) is 106 cm³/mol. The summed E-state index contributed by atoms with van der Waals surface area (Å²) in [5.41, 5.74) is 2.78. The molecule has 0 atom stereocenters. The van der Waals surface area contributed by atoms with Crippen molar-refractivity contribution in [2.75, 3.05) is 19.7 Å². The second kappa shape index (κ2) is 7.66. The number of likely N-dealkylation sites (tertiary alicyclic amines) is 1. The normalized spacial score (nSPS) is 15.0. The minimum atomic E-state index is 0.0772. The van der Waals surface area contributed by atoms with Gasteiger partial charge in [0.05, 0.1) is 11.0 Å². The quantitative estimate of drug-likeness (QED) is 0.695. The predicted octanol–water partition coefficient (Wildman–Crippen LogP) is 4.15. The van der Waals surface area contributed by atoms with Crippen LogP contribution in [-0.4, -0.2) is 40.5 Å². The zero-order chi connectivity index (χ0) is 18.6. The Morgan fingerprint density at radius 2 is 1.93 bits per heavy atom. The lowest BCUT2D eigenvalue weighted by atomic mass is 9.95. The van der Waals surface area contributed by atoms with Gasteiger partial charge in [-0.1, -0.05) is 24.8 Å². The van der Waals surface area contributed by atoms with Gasteiger partial charge in [0, 0.05) is 24.6 Å². The molecule has 5 nitrogen and oxygen atoms in total. The van der Waals surface area contributed by atoms with E-state index in [2.05, 4.69) is 11.6 Å². The van der Waals surface area contributed by atoms with Gasteiger partial charge in [-0.3, -0.25) is 4.79 Å². The maximum absolute atomic E-state index is 12.8. The number of ether oxygens (including phenoxy) is 1. The summed E-state index contributed by atoms with van der Waals surface area (Å²) in [6.45, 7) is 5.58. The van der Waals surface area contributed by atoms with Crippen LogP contribution in [0.2, 0.25) is 0 Å². The minimum Gasteiger partial charge on any atom is -0.490 e. The number of hydrogen-bond acceptors (Lipinski definition) is 3. The zero-order valence-electron chi connectivity index (χ0n) is 15.2. The Kier molecular flexibility index (Phi) is 4.92. The first-order valence-corrected chi connectivity index (χ1v) is 9.32. The Hall–Kier alpha value is -3.08. The highest BCUT2D eigenvalue weighted by Crippen LogP contribution is 2.28. The molecule has 2 aromatic carbocycles. The van der Waals surface area contributed by atoms with Gasteiger partial charge >= 0.3 is 0 Å². The van der Waals surface area contributed by atoms with E-state index in [1.165, 1.54) is 0 Å². The fraction of sp³-hybridized carbons (Fsp3) is 0.273. The highest BCUT2D eigenvalue weighted by Gasteiger charge is 2.26. The lowest BCUT2D eigenvalue weighted by Gasteiger charge is -2.31. The fourth-order valence-corrected chi connectivity index (χ4v) is 3.55. The third-order valence-electron chi connectivity index (χ3n) is 5.05. The molecule has 1 amide bonds. The third-order valence-corrected chi connectivity index (χ3v) is 5.05. The summed E-state index contributed by atoms with van der Waals surface area (Å²) in [7, 11) is 0. The maximum atomic E-state index is 12.8. The van der Waals surface area contributed by atoms with E-state index in [0.29, 0.717) is 18.1 Å². The van der Waals surface area contributed by atoms with Crippen LogP contribution in [-0.2, 0) is 0 Å². The number of benzene rings is 2. The number of fused-ring (bicyclic) bond motifs is 1. The number of carbonyl (C=O) groups excluding carboxylic acids is 1. The Morgan fingerprint density at radius 1 is 1.19 bits per heavy atom.